The number of fused-ring (bicyclic) bond motifs is 1. The van der Waals surface area contributed by atoms with Crippen molar-refractivity contribution in [3.05, 3.63) is 53.0 Å². The van der Waals surface area contributed by atoms with Gasteiger partial charge in [-0.2, -0.15) is 0 Å². The van der Waals surface area contributed by atoms with Crippen molar-refractivity contribution in [3.8, 4) is 0 Å². The van der Waals surface area contributed by atoms with Crippen molar-refractivity contribution in [1.29, 1.82) is 0 Å². The van der Waals surface area contributed by atoms with Crippen LogP contribution in [0.25, 0.3) is 10.2 Å². The highest BCUT2D eigenvalue weighted by Gasteiger charge is 2.28. The molecule has 2 N–H and O–H groups in total. The van der Waals surface area contributed by atoms with Crippen molar-refractivity contribution in [2.75, 3.05) is 10.0 Å². The van der Waals surface area contributed by atoms with Crippen LogP contribution in [0, 0.1) is 6.92 Å². The van der Waals surface area contributed by atoms with Gasteiger partial charge in [0.2, 0.25) is 10.0 Å². The summed E-state index contributed by atoms with van der Waals surface area (Å²) in [5.74, 6) is 0. The normalized spacial score (nSPS) is 12.3. The Kier molecular flexibility index (Phi) is 4.94. The van der Waals surface area contributed by atoms with Gasteiger partial charge in [0, 0.05) is 17.9 Å². The first-order valence-electron chi connectivity index (χ1n) is 8.35. The van der Waals surface area contributed by atoms with Crippen molar-refractivity contribution in [3.63, 3.8) is 0 Å². The Balaban J connectivity index is 1.68. The first-order chi connectivity index (χ1) is 12.2. The van der Waals surface area contributed by atoms with Gasteiger partial charge in [0.05, 0.1) is 20.5 Å². The molecule has 0 bridgehead atoms. The lowest BCUT2D eigenvalue weighted by atomic mass is 10.1. The minimum atomic E-state index is -3.41. The van der Waals surface area contributed by atoms with E-state index in [0.717, 1.165) is 16.8 Å². The van der Waals surface area contributed by atoms with Gasteiger partial charge in [-0.15, -0.1) is 11.3 Å². The Labute approximate surface area is 158 Å². The van der Waals surface area contributed by atoms with E-state index in [4.69, 9.17) is 0 Å². The Morgan fingerprint density at radius 1 is 1.08 bits per heavy atom. The van der Waals surface area contributed by atoms with E-state index < -0.39 is 14.8 Å². The third-order valence-corrected chi connectivity index (χ3v) is 7.32. The van der Waals surface area contributed by atoms with Gasteiger partial charge in [-0.3, -0.25) is 4.72 Å². The number of aryl methyl sites for hydroxylation is 1. The number of aromatic nitrogens is 1. The molecule has 7 heteroatoms. The average Bonchev–Trinajstić information content (AvgIpc) is 3.04. The Morgan fingerprint density at radius 2 is 1.77 bits per heavy atom. The van der Waals surface area contributed by atoms with Crippen LogP contribution in [0.1, 0.15) is 31.9 Å². The molecule has 0 fully saturated rings. The van der Waals surface area contributed by atoms with E-state index >= 15 is 0 Å². The van der Waals surface area contributed by atoms with Crippen molar-refractivity contribution in [2.45, 2.75) is 39.0 Å². The van der Waals surface area contributed by atoms with Crippen LogP contribution in [0.2, 0.25) is 0 Å². The Morgan fingerprint density at radius 3 is 2.42 bits per heavy atom. The largest absolute Gasteiger partial charge is 0.381 e. The second kappa shape index (κ2) is 6.89. The standard InChI is InChI=1S/C19H23N3O2S2/c1-13-16(9-10-17-18(13)25-12-21-17)20-11-14-5-7-15(8-6-14)22-26(23,24)19(2,3)4/h5-10,12,20,22H,11H2,1-4H3. The summed E-state index contributed by atoms with van der Waals surface area (Å²) in [5.41, 5.74) is 6.81. The molecule has 5 nitrogen and oxygen atoms in total. The number of nitrogens with one attached hydrogen (secondary N) is 2. The number of anilines is 2. The topological polar surface area (TPSA) is 71.1 Å². The fraction of sp³-hybridized carbons (Fsp3) is 0.316. The number of hydrogen-bond donors (Lipinski definition) is 2. The van der Waals surface area contributed by atoms with Crippen LogP contribution in [0.4, 0.5) is 11.4 Å². The van der Waals surface area contributed by atoms with Gasteiger partial charge in [-0.05, 0) is 63.1 Å². The highest BCUT2D eigenvalue weighted by atomic mass is 32.2. The van der Waals surface area contributed by atoms with Crippen molar-refractivity contribution >= 4 is 43.0 Å². The first-order valence-corrected chi connectivity index (χ1v) is 10.7. The zero-order valence-electron chi connectivity index (χ0n) is 15.3. The van der Waals surface area contributed by atoms with Crippen LogP contribution in [0.3, 0.4) is 0 Å². The van der Waals surface area contributed by atoms with E-state index in [1.165, 1.54) is 10.3 Å². The first kappa shape index (κ1) is 18.7. The Hall–Kier alpha value is -2.12. The predicted octanol–water partition coefficient (Wildman–Crippen LogP) is 4.76. The lowest BCUT2D eigenvalue weighted by Gasteiger charge is -2.20. The second-order valence-electron chi connectivity index (χ2n) is 7.21. The molecule has 0 unspecified atom stereocenters. The number of nitrogens with zero attached hydrogens (tertiary/aromatic N) is 1. The molecular weight excluding hydrogens is 366 g/mol. The van der Waals surface area contributed by atoms with Crippen molar-refractivity contribution in [2.24, 2.45) is 0 Å². The van der Waals surface area contributed by atoms with Gasteiger partial charge in [-0.25, -0.2) is 13.4 Å². The summed E-state index contributed by atoms with van der Waals surface area (Å²) in [6.07, 6.45) is 0. The Bertz CT molecular complexity index is 1020. The minimum absolute atomic E-state index is 0.575. The molecule has 3 rings (SSSR count). The molecule has 0 aliphatic carbocycles. The van der Waals surface area contributed by atoms with E-state index in [9.17, 15) is 8.42 Å². The van der Waals surface area contributed by atoms with Gasteiger partial charge in [-0.1, -0.05) is 12.1 Å². The molecule has 0 saturated heterocycles. The van der Waals surface area contributed by atoms with Crippen molar-refractivity contribution < 1.29 is 8.42 Å². The smallest absolute Gasteiger partial charge is 0.237 e. The van der Waals surface area contributed by atoms with E-state index in [1.807, 2.05) is 29.8 Å². The fourth-order valence-corrected chi connectivity index (χ4v) is 4.00. The predicted molar refractivity (Wildman–Crippen MR) is 110 cm³/mol. The van der Waals surface area contributed by atoms with Crippen molar-refractivity contribution in [1.82, 2.24) is 4.98 Å². The number of sulfonamides is 1. The lowest BCUT2D eigenvalue weighted by Crippen LogP contribution is -2.33. The highest BCUT2D eigenvalue weighted by Crippen LogP contribution is 2.28. The molecule has 0 spiro atoms. The van der Waals surface area contributed by atoms with Gasteiger partial charge < -0.3 is 5.32 Å². The summed E-state index contributed by atoms with van der Waals surface area (Å²) < 4.78 is 27.4. The quantitative estimate of drug-likeness (QED) is 0.660. The average molecular weight is 390 g/mol. The van der Waals surface area contributed by atoms with E-state index in [1.54, 1.807) is 44.2 Å². The molecule has 3 aromatic rings. The summed E-state index contributed by atoms with van der Waals surface area (Å²) in [6.45, 7) is 7.78. The van der Waals surface area contributed by atoms with Crippen LogP contribution < -0.4 is 10.0 Å². The molecule has 1 aromatic heterocycles. The number of benzene rings is 2. The molecule has 0 radical (unpaired) electrons. The molecule has 2 aromatic carbocycles. The number of thiazole rings is 1. The third kappa shape index (κ3) is 3.83. The van der Waals surface area contributed by atoms with E-state index in [0.29, 0.717) is 12.2 Å². The molecule has 1 heterocycles. The summed E-state index contributed by atoms with van der Waals surface area (Å²) in [7, 11) is -3.41. The zero-order chi connectivity index (χ0) is 18.9. The maximum atomic E-state index is 12.2. The summed E-state index contributed by atoms with van der Waals surface area (Å²) in [5, 5.41) is 3.44. The maximum absolute atomic E-state index is 12.2. The lowest BCUT2D eigenvalue weighted by molar-refractivity contribution is 0.566. The third-order valence-electron chi connectivity index (χ3n) is 4.24. The maximum Gasteiger partial charge on any atom is 0.237 e. The SMILES string of the molecule is Cc1c(NCc2ccc(NS(=O)(=O)C(C)(C)C)cc2)ccc2ncsc12. The van der Waals surface area contributed by atoms with Gasteiger partial charge >= 0.3 is 0 Å². The molecule has 0 atom stereocenters. The molecule has 0 amide bonds. The molecular formula is C19H23N3O2S2. The van der Waals surface area contributed by atoms with E-state index in [2.05, 4.69) is 21.9 Å². The zero-order valence-corrected chi connectivity index (χ0v) is 17.0. The van der Waals surface area contributed by atoms with Crippen LogP contribution in [0.15, 0.2) is 41.9 Å². The molecule has 0 saturated carbocycles. The molecule has 0 aliphatic rings. The second-order valence-corrected chi connectivity index (χ2v) is 10.5. The van der Waals surface area contributed by atoms with Crippen LogP contribution in [0.5, 0.6) is 0 Å². The van der Waals surface area contributed by atoms with Crippen LogP contribution >= 0.6 is 11.3 Å². The molecule has 0 aliphatic heterocycles. The highest BCUT2D eigenvalue weighted by molar-refractivity contribution is 7.94. The summed E-state index contributed by atoms with van der Waals surface area (Å²) >= 11 is 1.64. The summed E-state index contributed by atoms with van der Waals surface area (Å²) in [4.78, 5) is 4.33. The van der Waals surface area contributed by atoms with Gasteiger partial charge in [0.25, 0.3) is 0 Å². The van der Waals surface area contributed by atoms with Crippen LogP contribution in [-0.2, 0) is 16.6 Å². The monoisotopic (exact) mass is 389 g/mol. The van der Waals surface area contributed by atoms with Gasteiger partial charge in [0.1, 0.15) is 0 Å². The number of rotatable bonds is 5. The summed E-state index contributed by atoms with van der Waals surface area (Å²) in [6, 6.07) is 11.5. The van der Waals surface area contributed by atoms with Crippen LogP contribution in [-0.4, -0.2) is 18.1 Å². The van der Waals surface area contributed by atoms with Gasteiger partial charge in [0.15, 0.2) is 0 Å². The molecule has 26 heavy (non-hydrogen) atoms. The number of hydrogen-bond acceptors (Lipinski definition) is 5. The minimum Gasteiger partial charge on any atom is -0.381 e. The molecule has 138 valence electrons. The van der Waals surface area contributed by atoms with E-state index in [-0.39, 0.29) is 0 Å². The fourth-order valence-electron chi connectivity index (χ4n) is 2.45.